The summed E-state index contributed by atoms with van der Waals surface area (Å²) in [5.41, 5.74) is 1.93. The summed E-state index contributed by atoms with van der Waals surface area (Å²) in [5, 5.41) is 0. The zero-order valence-corrected chi connectivity index (χ0v) is 9.34. The molecule has 0 bridgehead atoms. The molecule has 0 saturated heterocycles. The number of aryl methyl sites for hydroxylation is 1. The van der Waals surface area contributed by atoms with E-state index in [-0.39, 0.29) is 0 Å². The van der Waals surface area contributed by atoms with Crippen LogP contribution in [0.3, 0.4) is 0 Å². The largest absolute Gasteiger partial charge is 0.264 e. The number of hydrogen-bond acceptors (Lipinski definition) is 3. The third kappa shape index (κ3) is 3.12. The maximum absolute atomic E-state index is 10.9. The molecular weight excluding hydrogens is 200 g/mol. The summed E-state index contributed by atoms with van der Waals surface area (Å²) in [6.45, 7) is 3.65. The van der Waals surface area contributed by atoms with E-state index in [1.807, 2.05) is 31.2 Å². The van der Waals surface area contributed by atoms with Gasteiger partial charge in [-0.3, -0.25) is 4.18 Å². The van der Waals surface area contributed by atoms with Crippen molar-refractivity contribution in [2.45, 2.75) is 20.0 Å². The standard InChI is InChI=1S/C10H14O3S/c1-8-6-4-5-7-10(8)9(2)13-14(3,11)12/h4-7,9H,1-3H3/t9-/m1/s1. The van der Waals surface area contributed by atoms with E-state index in [0.29, 0.717) is 0 Å². The minimum atomic E-state index is -3.39. The Morgan fingerprint density at radius 1 is 1.29 bits per heavy atom. The second kappa shape index (κ2) is 4.11. The van der Waals surface area contributed by atoms with Crippen molar-refractivity contribution in [3.63, 3.8) is 0 Å². The van der Waals surface area contributed by atoms with Gasteiger partial charge in [-0.15, -0.1) is 0 Å². The van der Waals surface area contributed by atoms with Crippen molar-refractivity contribution in [2.75, 3.05) is 6.26 Å². The van der Waals surface area contributed by atoms with Crippen LogP contribution in [0.25, 0.3) is 0 Å². The van der Waals surface area contributed by atoms with Gasteiger partial charge in [-0.1, -0.05) is 24.3 Å². The summed E-state index contributed by atoms with van der Waals surface area (Å²) in [5.74, 6) is 0. The number of hydrogen-bond donors (Lipinski definition) is 0. The van der Waals surface area contributed by atoms with Gasteiger partial charge in [0.15, 0.2) is 0 Å². The summed E-state index contributed by atoms with van der Waals surface area (Å²) in [4.78, 5) is 0. The van der Waals surface area contributed by atoms with Crippen LogP contribution >= 0.6 is 0 Å². The summed E-state index contributed by atoms with van der Waals surface area (Å²) < 4.78 is 26.7. The Morgan fingerprint density at radius 3 is 2.36 bits per heavy atom. The molecule has 0 unspecified atom stereocenters. The topological polar surface area (TPSA) is 43.4 Å². The third-order valence-electron chi connectivity index (χ3n) is 1.95. The summed E-state index contributed by atoms with van der Waals surface area (Å²) in [6, 6.07) is 7.57. The maximum Gasteiger partial charge on any atom is 0.264 e. The lowest BCUT2D eigenvalue weighted by atomic mass is 10.1. The van der Waals surface area contributed by atoms with Gasteiger partial charge < -0.3 is 0 Å². The molecule has 1 aromatic carbocycles. The molecule has 0 N–H and O–H groups in total. The van der Waals surface area contributed by atoms with E-state index in [1.165, 1.54) is 0 Å². The first-order valence-electron chi connectivity index (χ1n) is 4.34. The molecule has 1 atom stereocenters. The van der Waals surface area contributed by atoms with E-state index >= 15 is 0 Å². The van der Waals surface area contributed by atoms with Crippen LogP contribution in [0.4, 0.5) is 0 Å². The molecule has 0 radical (unpaired) electrons. The Bertz CT molecular complexity index is 409. The summed E-state index contributed by atoms with van der Waals surface area (Å²) in [6.07, 6.45) is 0.632. The molecule has 3 nitrogen and oxygen atoms in total. The van der Waals surface area contributed by atoms with Gasteiger partial charge in [-0.05, 0) is 25.0 Å². The fourth-order valence-corrected chi connectivity index (χ4v) is 1.98. The molecule has 0 saturated carbocycles. The molecular formula is C10H14O3S. The van der Waals surface area contributed by atoms with E-state index < -0.39 is 16.2 Å². The molecule has 0 aliphatic rings. The average Bonchev–Trinajstić information content (AvgIpc) is 2.01. The molecule has 0 fully saturated rings. The highest BCUT2D eigenvalue weighted by Gasteiger charge is 2.13. The van der Waals surface area contributed by atoms with Crippen molar-refractivity contribution >= 4 is 10.1 Å². The minimum Gasteiger partial charge on any atom is -0.262 e. The van der Waals surface area contributed by atoms with Gasteiger partial charge in [0.1, 0.15) is 0 Å². The molecule has 1 aromatic rings. The lowest BCUT2D eigenvalue weighted by Gasteiger charge is -2.13. The second-order valence-corrected chi connectivity index (χ2v) is 4.90. The maximum atomic E-state index is 10.9. The summed E-state index contributed by atoms with van der Waals surface area (Å²) in [7, 11) is -3.39. The van der Waals surface area contributed by atoms with Crippen LogP contribution in [0, 0.1) is 6.92 Å². The molecule has 0 aliphatic carbocycles. The fourth-order valence-electron chi connectivity index (χ4n) is 1.36. The van der Waals surface area contributed by atoms with E-state index in [4.69, 9.17) is 4.18 Å². The first kappa shape index (κ1) is 11.2. The van der Waals surface area contributed by atoms with Crippen molar-refractivity contribution in [3.8, 4) is 0 Å². The molecule has 0 amide bonds. The molecule has 4 heteroatoms. The van der Waals surface area contributed by atoms with Gasteiger partial charge in [0.25, 0.3) is 10.1 Å². The highest BCUT2D eigenvalue weighted by atomic mass is 32.2. The van der Waals surface area contributed by atoms with E-state index in [1.54, 1.807) is 6.92 Å². The van der Waals surface area contributed by atoms with Crippen molar-refractivity contribution in [2.24, 2.45) is 0 Å². The van der Waals surface area contributed by atoms with Gasteiger partial charge in [0, 0.05) is 0 Å². The lowest BCUT2D eigenvalue weighted by Crippen LogP contribution is -2.08. The van der Waals surface area contributed by atoms with Gasteiger partial charge in [-0.2, -0.15) is 8.42 Å². The molecule has 0 aromatic heterocycles. The SMILES string of the molecule is Cc1ccccc1[C@@H](C)OS(C)(=O)=O. The smallest absolute Gasteiger partial charge is 0.262 e. The van der Waals surface area contributed by atoms with Crippen LogP contribution < -0.4 is 0 Å². The van der Waals surface area contributed by atoms with Gasteiger partial charge in [-0.25, -0.2) is 0 Å². The zero-order valence-electron chi connectivity index (χ0n) is 8.52. The molecule has 0 aliphatic heterocycles. The van der Waals surface area contributed by atoms with Crippen LogP contribution in [-0.4, -0.2) is 14.7 Å². The Balaban J connectivity index is 2.90. The first-order valence-corrected chi connectivity index (χ1v) is 6.15. The highest BCUT2D eigenvalue weighted by molar-refractivity contribution is 7.86. The van der Waals surface area contributed by atoms with Gasteiger partial charge >= 0.3 is 0 Å². The molecule has 0 heterocycles. The van der Waals surface area contributed by atoms with Crippen LogP contribution in [-0.2, 0) is 14.3 Å². The summed E-state index contributed by atoms with van der Waals surface area (Å²) >= 11 is 0. The van der Waals surface area contributed by atoms with Crippen molar-refractivity contribution < 1.29 is 12.6 Å². The Morgan fingerprint density at radius 2 is 1.86 bits per heavy atom. The third-order valence-corrected chi connectivity index (χ3v) is 2.58. The molecule has 78 valence electrons. The second-order valence-electron chi connectivity index (χ2n) is 3.30. The fraction of sp³-hybridized carbons (Fsp3) is 0.400. The molecule has 14 heavy (non-hydrogen) atoms. The molecule has 1 rings (SSSR count). The van der Waals surface area contributed by atoms with Crippen LogP contribution in [0.2, 0.25) is 0 Å². The predicted molar refractivity (Wildman–Crippen MR) is 55.5 cm³/mol. The average molecular weight is 214 g/mol. The minimum absolute atomic E-state index is 0.425. The normalized spacial score (nSPS) is 13.9. The van der Waals surface area contributed by atoms with Crippen LogP contribution in [0.5, 0.6) is 0 Å². The van der Waals surface area contributed by atoms with Crippen molar-refractivity contribution in [1.29, 1.82) is 0 Å². The highest BCUT2D eigenvalue weighted by Crippen LogP contribution is 2.21. The number of benzene rings is 1. The van der Waals surface area contributed by atoms with Gasteiger partial charge in [0.05, 0.1) is 12.4 Å². The first-order chi connectivity index (χ1) is 6.40. The van der Waals surface area contributed by atoms with E-state index in [2.05, 4.69) is 0 Å². The van der Waals surface area contributed by atoms with Gasteiger partial charge in [0.2, 0.25) is 0 Å². The van der Waals surface area contributed by atoms with Crippen molar-refractivity contribution in [3.05, 3.63) is 35.4 Å². The zero-order chi connectivity index (χ0) is 10.8. The van der Waals surface area contributed by atoms with E-state index in [9.17, 15) is 8.42 Å². The Kier molecular flexibility index (Phi) is 3.29. The van der Waals surface area contributed by atoms with Crippen LogP contribution in [0.15, 0.2) is 24.3 Å². The van der Waals surface area contributed by atoms with Crippen molar-refractivity contribution in [1.82, 2.24) is 0 Å². The lowest BCUT2D eigenvalue weighted by molar-refractivity contribution is 0.236. The molecule has 0 spiro atoms. The predicted octanol–water partition coefficient (Wildman–Crippen LogP) is 2.03. The number of rotatable bonds is 3. The Labute approximate surface area is 84.8 Å². The monoisotopic (exact) mass is 214 g/mol. The van der Waals surface area contributed by atoms with Crippen LogP contribution in [0.1, 0.15) is 24.2 Å². The quantitative estimate of drug-likeness (QED) is 0.723. The Hall–Kier alpha value is -0.870. The van der Waals surface area contributed by atoms with E-state index in [0.717, 1.165) is 17.4 Å².